The number of hydrogen-bond donors (Lipinski definition) is 3. The van der Waals surface area contributed by atoms with Crippen LogP contribution >= 0.6 is 11.3 Å². The third-order valence-electron chi connectivity index (χ3n) is 2.78. The molecule has 2 aromatic heterocycles. The summed E-state index contributed by atoms with van der Waals surface area (Å²) in [6, 6.07) is 3.77. The molecule has 0 aliphatic carbocycles. The van der Waals surface area contributed by atoms with E-state index in [1.54, 1.807) is 12.3 Å². The molecule has 0 saturated heterocycles. The van der Waals surface area contributed by atoms with Crippen LogP contribution in [0.4, 0.5) is 5.69 Å². The van der Waals surface area contributed by atoms with Crippen molar-refractivity contribution in [1.82, 2.24) is 15.6 Å². The summed E-state index contributed by atoms with van der Waals surface area (Å²) in [7, 11) is 0. The van der Waals surface area contributed by atoms with E-state index in [0.29, 0.717) is 16.1 Å². The molecule has 2 amide bonds. The maximum Gasteiger partial charge on any atom is 0.263 e. The fourth-order valence-corrected chi connectivity index (χ4v) is 2.88. The molecule has 0 aliphatic heterocycles. The molecule has 0 spiro atoms. The molecule has 2 aromatic rings. The highest BCUT2D eigenvalue weighted by Gasteiger charge is 2.16. The number of aromatic nitrogens is 1. The molecule has 0 aliphatic rings. The van der Waals surface area contributed by atoms with E-state index in [9.17, 15) is 9.59 Å². The maximum atomic E-state index is 12.1. The lowest BCUT2D eigenvalue weighted by atomic mass is 10.3. The van der Waals surface area contributed by atoms with Crippen LogP contribution in [-0.4, -0.2) is 29.4 Å². The standard InChI is InChI=1S/C14H18N4O2S/c1-8(2)18-10(19)5-7-17-14(20)13-11(15)12-9(21-13)4-3-6-16-12/h3-4,6,8H,5,7,15H2,1-2H3,(H,17,20)(H,18,19). The van der Waals surface area contributed by atoms with Crippen LogP contribution in [0, 0.1) is 0 Å². The minimum Gasteiger partial charge on any atom is -0.396 e. The van der Waals surface area contributed by atoms with Crippen molar-refractivity contribution in [2.24, 2.45) is 0 Å². The van der Waals surface area contributed by atoms with Gasteiger partial charge in [-0.05, 0) is 26.0 Å². The van der Waals surface area contributed by atoms with Crippen LogP contribution in [0.2, 0.25) is 0 Å². The zero-order chi connectivity index (χ0) is 15.4. The number of anilines is 1. The van der Waals surface area contributed by atoms with Crippen LogP contribution in [0.1, 0.15) is 29.9 Å². The van der Waals surface area contributed by atoms with Crippen molar-refractivity contribution in [2.45, 2.75) is 26.3 Å². The second-order valence-corrected chi connectivity index (χ2v) is 5.98. The maximum absolute atomic E-state index is 12.1. The summed E-state index contributed by atoms with van der Waals surface area (Å²) in [6.07, 6.45) is 1.89. The summed E-state index contributed by atoms with van der Waals surface area (Å²) in [4.78, 5) is 28.2. The highest BCUT2D eigenvalue weighted by atomic mass is 32.1. The van der Waals surface area contributed by atoms with Gasteiger partial charge in [0.25, 0.3) is 5.91 Å². The highest BCUT2D eigenvalue weighted by molar-refractivity contribution is 7.21. The molecule has 2 rings (SSSR count). The molecule has 21 heavy (non-hydrogen) atoms. The van der Waals surface area contributed by atoms with Gasteiger partial charge in [-0.25, -0.2) is 0 Å². The summed E-state index contributed by atoms with van der Waals surface area (Å²) in [5.74, 6) is -0.357. The van der Waals surface area contributed by atoms with Gasteiger partial charge in [-0.1, -0.05) is 0 Å². The zero-order valence-corrected chi connectivity index (χ0v) is 12.8. The number of nitrogens with two attached hydrogens (primary N) is 1. The van der Waals surface area contributed by atoms with Gasteiger partial charge in [0.15, 0.2) is 0 Å². The zero-order valence-electron chi connectivity index (χ0n) is 12.0. The fourth-order valence-electron chi connectivity index (χ4n) is 1.88. The number of thiophene rings is 1. The minimum atomic E-state index is -0.271. The quantitative estimate of drug-likeness (QED) is 0.780. The Bertz CT molecular complexity index is 666. The largest absolute Gasteiger partial charge is 0.396 e. The van der Waals surface area contributed by atoms with Gasteiger partial charge in [-0.2, -0.15) is 0 Å². The Balaban J connectivity index is 1.96. The molecule has 0 aromatic carbocycles. The Morgan fingerprint density at radius 3 is 2.86 bits per heavy atom. The Morgan fingerprint density at radius 2 is 2.19 bits per heavy atom. The molecule has 4 N–H and O–H groups in total. The van der Waals surface area contributed by atoms with Crippen molar-refractivity contribution in [3.8, 4) is 0 Å². The second-order valence-electron chi connectivity index (χ2n) is 4.92. The molecule has 7 heteroatoms. The predicted molar refractivity (Wildman–Crippen MR) is 84.3 cm³/mol. The topological polar surface area (TPSA) is 97.1 Å². The van der Waals surface area contributed by atoms with Gasteiger partial charge in [0.1, 0.15) is 10.4 Å². The van der Waals surface area contributed by atoms with E-state index < -0.39 is 0 Å². The smallest absolute Gasteiger partial charge is 0.263 e. The lowest BCUT2D eigenvalue weighted by molar-refractivity contribution is -0.121. The molecule has 0 unspecified atom stereocenters. The predicted octanol–water partition coefficient (Wildman–Crippen LogP) is 1.52. The third-order valence-corrected chi connectivity index (χ3v) is 3.93. The van der Waals surface area contributed by atoms with Crippen LogP contribution < -0.4 is 16.4 Å². The van der Waals surface area contributed by atoms with Gasteiger partial charge in [0.05, 0.1) is 10.4 Å². The average Bonchev–Trinajstić information content (AvgIpc) is 2.76. The number of pyridine rings is 1. The van der Waals surface area contributed by atoms with Crippen molar-refractivity contribution in [3.63, 3.8) is 0 Å². The SMILES string of the molecule is CC(C)NC(=O)CCNC(=O)c1sc2cccnc2c1N. The van der Waals surface area contributed by atoms with Crippen LogP contribution in [-0.2, 0) is 4.79 Å². The van der Waals surface area contributed by atoms with E-state index in [-0.39, 0.29) is 30.8 Å². The number of carbonyl (C=O) groups is 2. The number of fused-ring (bicyclic) bond motifs is 1. The Morgan fingerprint density at radius 1 is 1.43 bits per heavy atom. The van der Waals surface area contributed by atoms with Gasteiger partial charge in [-0.3, -0.25) is 14.6 Å². The first-order valence-corrected chi connectivity index (χ1v) is 7.51. The first-order valence-electron chi connectivity index (χ1n) is 6.69. The number of carbonyl (C=O) groups excluding carboxylic acids is 2. The van der Waals surface area contributed by atoms with E-state index in [4.69, 9.17) is 5.73 Å². The molecule has 0 saturated carbocycles. The Labute approximate surface area is 126 Å². The van der Waals surface area contributed by atoms with E-state index >= 15 is 0 Å². The van der Waals surface area contributed by atoms with E-state index in [0.717, 1.165) is 4.70 Å². The summed E-state index contributed by atoms with van der Waals surface area (Å²) < 4.78 is 0.873. The Hall–Kier alpha value is -2.15. The summed E-state index contributed by atoms with van der Waals surface area (Å²) in [5, 5.41) is 5.47. The van der Waals surface area contributed by atoms with Crippen LogP contribution in [0.25, 0.3) is 10.2 Å². The van der Waals surface area contributed by atoms with E-state index in [1.165, 1.54) is 11.3 Å². The lowest BCUT2D eigenvalue weighted by Crippen LogP contribution is -2.34. The number of rotatable bonds is 5. The molecule has 112 valence electrons. The van der Waals surface area contributed by atoms with Crippen LogP contribution in [0.5, 0.6) is 0 Å². The molecule has 6 nitrogen and oxygen atoms in total. The Kier molecular flexibility index (Phi) is 4.74. The molecule has 2 heterocycles. The lowest BCUT2D eigenvalue weighted by Gasteiger charge is -2.08. The van der Waals surface area contributed by atoms with Crippen molar-refractivity contribution >= 4 is 39.1 Å². The van der Waals surface area contributed by atoms with Crippen molar-refractivity contribution in [2.75, 3.05) is 12.3 Å². The van der Waals surface area contributed by atoms with Gasteiger partial charge in [0, 0.05) is 25.2 Å². The average molecular weight is 306 g/mol. The molecular formula is C14H18N4O2S. The van der Waals surface area contributed by atoms with Crippen molar-refractivity contribution in [3.05, 3.63) is 23.2 Å². The monoisotopic (exact) mass is 306 g/mol. The summed E-state index contributed by atoms with van der Waals surface area (Å²) in [5.41, 5.74) is 6.98. The van der Waals surface area contributed by atoms with Gasteiger partial charge in [-0.15, -0.1) is 11.3 Å². The van der Waals surface area contributed by atoms with E-state index in [1.807, 2.05) is 19.9 Å². The van der Waals surface area contributed by atoms with Crippen molar-refractivity contribution < 1.29 is 9.59 Å². The number of nitrogens with zero attached hydrogens (tertiary/aromatic N) is 1. The third kappa shape index (κ3) is 3.69. The van der Waals surface area contributed by atoms with Gasteiger partial charge < -0.3 is 16.4 Å². The minimum absolute atomic E-state index is 0.0868. The number of amides is 2. The fraction of sp³-hybridized carbons (Fsp3) is 0.357. The number of nitrogens with one attached hydrogen (secondary N) is 2. The first kappa shape index (κ1) is 15.2. The normalized spacial score (nSPS) is 10.8. The number of nitrogen functional groups attached to an aromatic ring is 1. The van der Waals surface area contributed by atoms with Gasteiger partial charge >= 0.3 is 0 Å². The molecular weight excluding hydrogens is 288 g/mol. The summed E-state index contributed by atoms with van der Waals surface area (Å²) in [6.45, 7) is 4.06. The molecule has 0 atom stereocenters. The first-order chi connectivity index (χ1) is 9.99. The van der Waals surface area contributed by atoms with Crippen LogP contribution in [0.3, 0.4) is 0 Å². The highest BCUT2D eigenvalue weighted by Crippen LogP contribution is 2.31. The van der Waals surface area contributed by atoms with E-state index in [2.05, 4.69) is 15.6 Å². The van der Waals surface area contributed by atoms with Crippen LogP contribution in [0.15, 0.2) is 18.3 Å². The number of hydrogen-bond acceptors (Lipinski definition) is 5. The van der Waals surface area contributed by atoms with Gasteiger partial charge in [0.2, 0.25) is 5.91 Å². The molecule has 0 radical (unpaired) electrons. The second kappa shape index (κ2) is 6.53. The van der Waals surface area contributed by atoms with Crippen molar-refractivity contribution in [1.29, 1.82) is 0 Å². The summed E-state index contributed by atoms with van der Waals surface area (Å²) >= 11 is 1.30. The molecule has 0 bridgehead atoms. The molecule has 0 fully saturated rings.